The van der Waals surface area contributed by atoms with E-state index in [2.05, 4.69) is 52.4 Å². The third kappa shape index (κ3) is 5.00. The molecule has 0 saturated heterocycles. The number of hydrogen-bond donors (Lipinski definition) is 1. The van der Waals surface area contributed by atoms with Gasteiger partial charge in [0.15, 0.2) is 0 Å². The molecule has 0 aliphatic rings. The van der Waals surface area contributed by atoms with Gasteiger partial charge >= 0.3 is 0 Å². The summed E-state index contributed by atoms with van der Waals surface area (Å²) in [7, 11) is 0. The second kappa shape index (κ2) is 8.19. The first-order chi connectivity index (χ1) is 10.1. The molecule has 0 aromatic heterocycles. The first kappa shape index (κ1) is 16.8. The Bertz CT molecular complexity index is 584. The summed E-state index contributed by atoms with van der Waals surface area (Å²) in [6.45, 7) is 3.05. The Morgan fingerprint density at radius 3 is 2.43 bits per heavy atom. The van der Waals surface area contributed by atoms with Gasteiger partial charge in [0.1, 0.15) is 0 Å². The quantitative estimate of drug-likeness (QED) is 0.689. The van der Waals surface area contributed by atoms with Gasteiger partial charge in [-0.05, 0) is 48.7 Å². The summed E-state index contributed by atoms with van der Waals surface area (Å²) < 4.78 is 1.10. The largest absolute Gasteiger partial charge is 0.314 e. The first-order valence-corrected chi connectivity index (χ1v) is 8.55. The zero-order valence-electron chi connectivity index (χ0n) is 11.9. The molecule has 0 aliphatic heterocycles. The maximum Gasteiger partial charge on any atom is 0.0624 e. The van der Waals surface area contributed by atoms with Gasteiger partial charge in [0.05, 0.1) is 10.0 Å². The van der Waals surface area contributed by atoms with Crippen LogP contribution in [0.2, 0.25) is 10.0 Å². The Morgan fingerprint density at radius 2 is 1.76 bits per heavy atom. The van der Waals surface area contributed by atoms with E-state index < -0.39 is 0 Å². The van der Waals surface area contributed by atoms with Crippen molar-refractivity contribution < 1.29 is 0 Å². The lowest BCUT2D eigenvalue weighted by Crippen LogP contribution is -2.33. The maximum absolute atomic E-state index is 6.30. The number of nitrogens with one attached hydrogen (secondary N) is 1. The summed E-state index contributed by atoms with van der Waals surface area (Å²) in [6, 6.07) is 14.6. The minimum atomic E-state index is 0.340. The SMILES string of the molecule is CCNC(Cc1ccc(Br)cc1)Cc1cccc(Cl)c1Cl. The van der Waals surface area contributed by atoms with Gasteiger partial charge in [-0.1, -0.05) is 70.3 Å². The van der Waals surface area contributed by atoms with Gasteiger partial charge in [-0.15, -0.1) is 0 Å². The highest BCUT2D eigenvalue weighted by atomic mass is 79.9. The van der Waals surface area contributed by atoms with Crippen LogP contribution in [0.3, 0.4) is 0 Å². The van der Waals surface area contributed by atoms with Crippen LogP contribution in [0, 0.1) is 0 Å². The molecule has 2 aromatic rings. The van der Waals surface area contributed by atoms with Crippen molar-refractivity contribution in [2.45, 2.75) is 25.8 Å². The van der Waals surface area contributed by atoms with Gasteiger partial charge < -0.3 is 5.32 Å². The van der Waals surface area contributed by atoms with Crippen LogP contribution >= 0.6 is 39.1 Å². The van der Waals surface area contributed by atoms with Crippen LogP contribution in [0.4, 0.5) is 0 Å². The number of halogens is 3. The van der Waals surface area contributed by atoms with Gasteiger partial charge in [0, 0.05) is 10.5 Å². The predicted molar refractivity (Wildman–Crippen MR) is 95.5 cm³/mol. The summed E-state index contributed by atoms with van der Waals surface area (Å²) in [5.74, 6) is 0. The Hall–Kier alpha value is -0.540. The molecule has 1 unspecified atom stereocenters. The minimum absolute atomic E-state index is 0.340. The molecule has 0 amide bonds. The monoisotopic (exact) mass is 385 g/mol. The lowest BCUT2D eigenvalue weighted by molar-refractivity contribution is 0.521. The van der Waals surface area contributed by atoms with Crippen LogP contribution in [0.1, 0.15) is 18.1 Å². The molecule has 0 spiro atoms. The van der Waals surface area contributed by atoms with E-state index in [0.717, 1.165) is 29.4 Å². The average molecular weight is 387 g/mol. The molecule has 0 bridgehead atoms. The maximum atomic E-state index is 6.30. The van der Waals surface area contributed by atoms with E-state index >= 15 is 0 Å². The topological polar surface area (TPSA) is 12.0 Å². The normalized spacial score (nSPS) is 12.4. The number of hydrogen-bond acceptors (Lipinski definition) is 1. The molecule has 0 saturated carbocycles. The zero-order chi connectivity index (χ0) is 15.2. The number of benzene rings is 2. The molecule has 4 heteroatoms. The van der Waals surface area contributed by atoms with Crippen molar-refractivity contribution in [1.82, 2.24) is 5.32 Å². The first-order valence-electron chi connectivity index (χ1n) is 7.01. The molecule has 2 rings (SSSR count). The standard InChI is InChI=1S/C17H18BrCl2N/c1-2-21-15(10-12-6-8-14(18)9-7-12)11-13-4-3-5-16(19)17(13)20/h3-9,15,21H,2,10-11H2,1H3. The van der Waals surface area contributed by atoms with Gasteiger partial charge in [-0.2, -0.15) is 0 Å². The smallest absolute Gasteiger partial charge is 0.0624 e. The van der Waals surface area contributed by atoms with E-state index in [0.29, 0.717) is 16.1 Å². The highest BCUT2D eigenvalue weighted by Gasteiger charge is 2.13. The summed E-state index contributed by atoms with van der Waals surface area (Å²) >= 11 is 15.9. The number of rotatable bonds is 6. The van der Waals surface area contributed by atoms with Crippen molar-refractivity contribution in [3.63, 3.8) is 0 Å². The fourth-order valence-corrected chi connectivity index (χ4v) is 3.04. The minimum Gasteiger partial charge on any atom is -0.314 e. The van der Waals surface area contributed by atoms with Crippen LogP contribution in [0.25, 0.3) is 0 Å². The van der Waals surface area contributed by atoms with Gasteiger partial charge in [-0.3, -0.25) is 0 Å². The lowest BCUT2D eigenvalue weighted by Gasteiger charge is -2.19. The van der Waals surface area contributed by atoms with Crippen molar-refractivity contribution in [3.05, 3.63) is 68.1 Å². The molecular formula is C17H18BrCl2N. The van der Waals surface area contributed by atoms with Crippen LogP contribution < -0.4 is 5.32 Å². The van der Waals surface area contributed by atoms with Crippen LogP contribution in [0.15, 0.2) is 46.9 Å². The van der Waals surface area contributed by atoms with Crippen molar-refractivity contribution >= 4 is 39.1 Å². The average Bonchev–Trinajstić information content (AvgIpc) is 2.46. The predicted octanol–water partition coefficient (Wildman–Crippen LogP) is 5.52. The summed E-state index contributed by atoms with van der Waals surface area (Å²) in [5.41, 5.74) is 2.40. The molecule has 1 atom stereocenters. The lowest BCUT2D eigenvalue weighted by atomic mass is 9.99. The van der Waals surface area contributed by atoms with Crippen molar-refractivity contribution in [3.8, 4) is 0 Å². The van der Waals surface area contributed by atoms with Crippen LogP contribution in [-0.2, 0) is 12.8 Å². The summed E-state index contributed by atoms with van der Waals surface area (Å²) in [4.78, 5) is 0. The molecule has 1 nitrogen and oxygen atoms in total. The Balaban J connectivity index is 2.11. The van der Waals surface area contributed by atoms with E-state index in [-0.39, 0.29) is 0 Å². The molecule has 1 N–H and O–H groups in total. The number of likely N-dealkylation sites (N-methyl/N-ethyl adjacent to an activating group) is 1. The third-order valence-electron chi connectivity index (χ3n) is 3.39. The second-order valence-electron chi connectivity index (χ2n) is 5.00. The molecule has 0 radical (unpaired) electrons. The highest BCUT2D eigenvalue weighted by Crippen LogP contribution is 2.27. The molecular weight excluding hydrogens is 369 g/mol. The van der Waals surface area contributed by atoms with E-state index in [1.165, 1.54) is 5.56 Å². The second-order valence-corrected chi connectivity index (χ2v) is 6.70. The van der Waals surface area contributed by atoms with Gasteiger partial charge in [-0.25, -0.2) is 0 Å². The summed E-state index contributed by atoms with van der Waals surface area (Å²) in [6.07, 6.45) is 1.83. The summed E-state index contributed by atoms with van der Waals surface area (Å²) in [5, 5.41) is 4.81. The Kier molecular flexibility index (Phi) is 6.56. The van der Waals surface area contributed by atoms with Crippen molar-refractivity contribution in [2.24, 2.45) is 0 Å². The Labute approximate surface area is 144 Å². The van der Waals surface area contributed by atoms with E-state index in [9.17, 15) is 0 Å². The molecule has 0 aliphatic carbocycles. The molecule has 2 aromatic carbocycles. The van der Waals surface area contributed by atoms with Crippen molar-refractivity contribution in [2.75, 3.05) is 6.54 Å². The van der Waals surface area contributed by atoms with Gasteiger partial charge in [0.2, 0.25) is 0 Å². The fraction of sp³-hybridized carbons (Fsp3) is 0.294. The van der Waals surface area contributed by atoms with E-state index in [1.807, 2.05) is 18.2 Å². The van der Waals surface area contributed by atoms with E-state index in [1.54, 1.807) is 0 Å². The molecule has 21 heavy (non-hydrogen) atoms. The fourth-order valence-electron chi connectivity index (χ4n) is 2.38. The third-order valence-corrected chi connectivity index (χ3v) is 4.77. The van der Waals surface area contributed by atoms with Crippen LogP contribution in [0.5, 0.6) is 0 Å². The molecule has 0 heterocycles. The van der Waals surface area contributed by atoms with E-state index in [4.69, 9.17) is 23.2 Å². The highest BCUT2D eigenvalue weighted by molar-refractivity contribution is 9.10. The molecule has 0 fully saturated rings. The van der Waals surface area contributed by atoms with Crippen molar-refractivity contribution in [1.29, 1.82) is 0 Å². The Morgan fingerprint density at radius 1 is 1.05 bits per heavy atom. The zero-order valence-corrected chi connectivity index (χ0v) is 15.0. The molecule has 112 valence electrons. The van der Waals surface area contributed by atoms with Gasteiger partial charge in [0.25, 0.3) is 0 Å². The van der Waals surface area contributed by atoms with Crippen LogP contribution in [-0.4, -0.2) is 12.6 Å².